The Labute approximate surface area is 239 Å². The van der Waals surface area contributed by atoms with Crippen molar-refractivity contribution in [2.45, 2.75) is 25.8 Å². The number of fused-ring (bicyclic) bond motifs is 2. The van der Waals surface area contributed by atoms with Crippen molar-refractivity contribution in [1.29, 1.82) is 0 Å². The molecular weight excluding hydrogens is 549 g/mol. The number of halogens is 3. The monoisotopic (exact) mass is 576 g/mol. The second kappa shape index (κ2) is 10.7. The predicted octanol–water partition coefficient (Wildman–Crippen LogP) is 4.66. The molecular formula is C30H27F3N6O3. The van der Waals surface area contributed by atoms with E-state index in [0.717, 1.165) is 16.7 Å². The Morgan fingerprint density at radius 1 is 0.952 bits per heavy atom. The van der Waals surface area contributed by atoms with Crippen LogP contribution in [0.3, 0.4) is 0 Å². The smallest absolute Gasteiger partial charge is 0.378 e. The van der Waals surface area contributed by atoms with Crippen LogP contribution in [-0.4, -0.2) is 53.2 Å². The highest BCUT2D eigenvalue weighted by Crippen LogP contribution is 2.36. The first-order valence-corrected chi connectivity index (χ1v) is 13.4. The predicted molar refractivity (Wildman–Crippen MR) is 150 cm³/mol. The van der Waals surface area contributed by atoms with Gasteiger partial charge in [-0.2, -0.15) is 18.3 Å². The third kappa shape index (κ3) is 4.92. The number of rotatable bonds is 6. The summed E-state index contributed by atoms with van der Waals surface area (Å²) in [6, 6.07) is 16.1. The van der Waals surface area contributed by atoms with Crippen LogP contribution in [0.5, 0.6) is 0 Å². The van der Waals surface area contributed by atoms with Crippen molar-refractivity contribution in [2.75, 3.05) is 36.5 Å². The molecule has 3 N–H and O–H groups in total. The molecule has 0 bridgehead atoms. The third-order valence-corrected chi connectivity index (χ3v) is 7.71. The number of hydrogen-bond acceptors (Lipinski definition) is 8. The molecule has 2 aliphatic rings. The maximum Gasteiger partial charge on any atom is 0.416 e. The summed E-state index contributed by atoms with van der Waals surface area (Å²) in [4.78, 5) is 29.4. The molecule has 4 aromatic rings. The van der Waals surface area contributed by atoms with E-state index in [0.29, 0.717) is 53.9 Å². The zero-order chi connectivity index (χ0) is 29.6. The van der Waals surface area contributed by atoms with Crippen LogP contribution >= 0.6 is 0 Å². The number of amides is 2. The Morgan fingerprint density at radius 3 is 2.31 bits per heavy atom. The average Bonchev–Trinajstić information content (AvgIpc) is 3.22. The highest BCUT2D eigenvalue weighted by atomic mass is 19.4. The molecule has 0 saturated carbocycles. The number of ether oxygens (including phenoxy) is 1. The number of hydrogen-bond donors (Lipinski definition) is 2. The lowest BCUT2D eigenvalue weighted by Gasteiger charge is -2.29. The van der Waals surface area contributed by atoms with Crippen molar-refractivity contribution in [1.82, 2.24) is 15.1 Å². The van der Waals surface area contributed by atoms with Gasteiger partial charge in [-0.05, 0) is 48.4 Å². The number of benzene rings is 3. The van der Waals surface area contributed by atoms with Crippen molar-refractivity contribution in [3.63, 3.8) is 0 Å². The fraction of sp³-hybridized carbons (Fsp3) is 0.267. The number of carbonyl (C=O) groups is 2. The number of nitrogens with one attached hydrogen (secondary N) is 1. The molecule has 6 rings (SSSR count). The van der Waals surface area contributed by atoms with E-state index in [9.17, 15) is 22.8 Å². The van der Waals surface area contributed by atoms with Crippen LogP contribution in [-0.2, 0) is 17.5 Å². The Morgan fingerprint density at radius 2 is 1.64 bits per heavy atom. The van der Waals surface area contributed by atoms with Crippen molar-refractivity contribution in [3.8, 4) is 0 Å². The molecule has 3 aromatic carbocycles. The maximum atomic E-state index is 13.6. The number of nitrogens with two attached hydrogens (primary N) is 1. The largest absolute Gasteiger partial charge is 0.416 e. The van der Waals surface area contributed by atoms with Crippen LogP contribution in [0.25, 0.3) is 10.8 Å². The Balaban J connectivity index is 1.38. The molecule has 12 heteroatoms. The van der Waals surface area contributed by atoms with Gasteiger partial charge < -0.3 is 20.7 Å². The van der Waals surface area contributed by atoms with Gasteiger partial charge in [0.25, 0.3) is 11.8 Å². The van der Waals surface area contributed by atoms with E-state index >= 15 is 0 Å². The van der Waals surface area contributed by atoms with Crippen molar-refractivity contribution >= 4 is 34.1 Å². The Bertz CT molecular complexity index is 1670. The Hall–Kier alpha value is -4.55. The number of morpholine rings is 1. The molecule has 0 unspecified atom stereocenters. The van der Waals surface area contributed by atoms with Gasteiger partial charge in [-0.25, -0.2) is 0 Å². The zero-order valence-corrected chi connectivity index (χ0v) is 22.6. The maximum absolute atomic E-state index is 13.6. The van der Waals surface area contributed by atoms with Crippen molar-refractivity contribution in [2.24, 2.45) is 5.73 Å². The molecule has 216 valence electrons. The molecule has 9 nitrogen and oxygen atoms in total. The molecule has 1 atom stereocenters. The minimum atomic E-state index is -4.52. The van der Waals surface area contributed by atoms with E-state index in [1.54, 1.807) is 24.3 Å². The fourth-order valence-electron chi connectivity index (χ4n) is 5.49. The Kier molecular flexibility index (Phi) is 7.03. The summed E-state index contributed by atoms with van der Waals surface area (Å²) in [5.41, 5.74) is 7.84. The first kappa shape index (κ1) is 27.6. The van der Waals surface area contributed by atoms with Crippen LogP contribution in [0.15, 0.2) is 60.7 Å². The minimum absolute atomic E-state index is 0.0125. The summed E-state index contributed by atoms with van der Waals surface area (Å²) >= 11 is 0. The standard InChI is InChI=1S/C30H27F3N6O3/c1-17-19(7-4-8-24(17)30(31,32)33)26(34)35-27-23-15-18(38-11-13-42-14-12-38)9-10-20(23)25(36-37-27)16-39-28(40)21-5-2-3-6-22(21)29(39)41/h2-10,15,26H,11-14,16,34H2,1H3,(H,35,37)/t26-/m0/s1. The summed E-state index contributed by atoms with van der Waals surface area (Å²) in [6.07, 6.45) is -5.55. The zero-order valence-electron chi connectivity index (χ0n) is 22.6. The van der Waals surface area contributed by atoms with E-state index in [2.05, 4.69) is 20.4 Å². The highest BCUT2D eigenvalue weighted by molar-refractivity contribution is 6.21. The van der Waals surface area contributed by atoms with E-state index in [-0.39, 0.29) is 23.5 Å². The second-order valence-corrected chi connectivity index (χ2v) is 10.2. The number of anilines is 2. The van der Waals surface area contributed by atoms with Crippen LogP contribution in [0.4, 0.5) is 24.7 Å². The van der Waals surface area contributed by atoms with Gasteiger partial charge >= 0.3 is 6.18 Å². The van der Waals surface area contributed by atoms with E-state index in [4.69, 9.17) is 10.5 Å². The van der Waals surface area contributed by atoms with Gasteiger partial charge in [0, 0.05) is 29.5 Å². The molecule has 1 aromatic heterocycles. The van der Waals surface area contributed by atoms with Gasteiger partial charge in [0.15, 0.2) is 5.82 Å². The summed E-state index contributed by atoms with van der Waals surface area (Å²) in [7, 11) is 0. The molecule has 1 fully saturated rings. The van der Waals surface area contributed by atoms with Gasteiger partial charge in [0.1, 0.15) is 6.17 Å². The first-order valence-electron chi connectivity index (χ1n) is 13.4. The number of carbonyl (C=O) groups excluding carboxylic acids is 2. The van der Waals surface area contributed by atoms with Gasteiger partial charge in [-0.1, -0.05) is 30.3 Å². The lowest BCUT2D eigenvalue weighted by atomic mass is 10.00. The SMILES string of the molecule is Cc1c([C@@H](N)Nc2nnc(CN3C(=O)c4ccccc4C3=O)c3ccc(N4CCOCC4)cc23)cccc1C(F)(F)F. The van der Waals surface area contributed by atoms with Gasteiger partial charge in [0.05, 0.1) is 42.1 Å². The first-order chi connectivity index (χ1) is 20.1. The highest BCUT2D eigenvalue weighted by Gasteiger charge is 2.36. The number of imide groups is 1. The molecule has 0 spiro atoms. The molecule has 0 radical (unpaired) electrons. The number of alkyl halides is 3. The number of nitrogens with zero attached hydrogens (tertiary/aromatic N) is 4. The van der Waals surface area contributed by atoms with Gasteiger partial charge in [0.2, 0.25) is 0 Å². The lowest BCUT2D eigenvalue weighted by Crippen LogP contribution is -2.36. The average molecular weight is 577 g/mol. The molecule has 0 aliphatic carbocycles. The summed E-state index contributed by atoms with van der Waals surface area (Å²) < 4.78 is 46.1. The summed E-state index contributed by atoms with van der Waals surface area (Å²) in [5.74, 6) is -0.574. The molecule has 3 heterocycles. The molecule has 2 amide bonds. The van der Waals surface area contributed by atoms with E-state index in [1.807, 2.05) is 18.2 Å². The van der Waals surface area contributed by atoms with Crippen LogP contribution in [0.1, 0.15) is 49.3 Å². The van der Waals surface area contributed by atoms with Crippen LogP contribution in [0.2, 0.25) is 0 Å². The van der Waals surface area contributed by atoms with Crippen LogP contribution in [0, 0.1) is 6.92 Å². The van der Waals surface area contributed by atoms with Gasteiger partial charge in [-0.15, -0.1) is 5.10 Å². The van der Waals surface area contributed by atoms with Crippen LogP contribution < -0.4 is 16.0 Å². The summed E-state index contributed by atoms with van der Waals surface area (Å²) in [5, 5.41) is 13.0. The van der Waals surface area contributed by atoms with Crippen molar-refractivity contribution < 1.29 is 27.5 Å². The summed E-state index contributed by atoms with van der Waals surface area (Å²) in [6.45, 7) is 3.77. The quantitative estimate of drug-likeness (QED) is 0.252. The van der Waals surface area contributed by atoms with Gasteiger partial charge in [-0.3, -0.25) is 14.5 Å². The third-order valence-electron chi connectivity index (χ3n) is 7.71. The lowest BCUT2D eigenvalue weighted by molar-refractivity contribution is -0.138. The molecule has 42 heavy (non-hydrogen) atoms. The number of aromatic nitrogens is 2. The second-order valence-electron chi connectivity index (χ2n) is 10.2. The molecule has 2 aliphatic heterocycles. The van der Waals surface area contributed by atoms with E-state index in [1.165, 1.54) is 19.1 Å². The minimum Gasteiger partial charge on any atom is -0.378 e. The van der Waals surface area contributed by atoms with E-state index < -0.39 is 29.7 Å². The fourth-order valence-corrected chi connectivity index (χ4v) is 5.49. The normalized spacial score (nSPS) is 16.2. The van der Waals surface area contributed by atoms with Crippen molar-refractivity contribution in [3.05, 3.63) is 94.2 Å². The molecule has 1 saturated heterocycles. The topological polar surface area (TPSA) is 114 Å².